The van der Waals surface area contributed by atoms with Gasteiger partial charge >= 0.3 is 0 Å². The normalized spacial score (nSPS) is 10.6. The molecule has 0 amide bonds. The van der Waals surface area contributed by atoms with Crippen LogP contribution in [0.1, 0.15) is 25.5 Å². The lowest BCUT2D eigenvalue weighted by Crippen LogP contribution is -2.28. The fraction of sp³-hybridized carbons (Fsp3) is 0.600. The van der Waals surface area contributed by atoms with E-state index >= 15 is 0 Å². The standard InChI is InChI=1S/C5H8N2O2/c1-4(2)5-3-6-9-7(5)8/h3-4H,1-2H3. The van der Waals surface area contributed by atoms with E-state index in [1.165, 1.54) is 6.20 Å². The second-order valence-corrected chi connectivity index (χ2v) is 2.15. The largest absolute Gasteiger partial charge is 0.359 e. The van der Waals surface area contributed by atoms with Crippen molar-refractivity contribution in [3.05, 3.63) is 17.1 Å². The van der Waals surface area contributed by atoms with E-state index in [0.29, 0.717) is 10.6 Å². The molecule has 0 atom stereocenters. The van der Waals surface area contributed by atoms with Crippen LogP contribution in [0.5, 0.6) is 0 Å². The summed E-state index contributed by atoms with van der Waals surface area (Å²) in [5, 5.41) is 13.9. The van der Waals surface area contributed by atoms with Gasteiger partial charge in [0.1, 0.15) is 0 Å². The van der Waals surface area contributed by atoms with Crippen LogP contribution in [0.15, 0.2) is 10.8 Å². The summed E-state index contributed by atoms with van der Waals surface area (Å²) in [7, 11) is 0. The van der Waals surface area contributed by atoms with Gasteiger partial charge in [-0.05, 0) is 4.90 Å². The second-order valence-electron chi connectivity index (χ2n) is 2.15. The smallest absolute Gasteiger partial charge is 0.209 e. The predicted octanol–water partition coefficient (Wildman–Crippen LogP) is 0.431. The fourth-order valence-corrected chi connectivity index (χ4v) is 0.575. The van der Waals surface area contributed by atoms with Gasteiger partial charge in [-0.2, -0.15) is 0 Å². The molecule has 0 unspecified atom stereocenters. The van der Waals surface area contributed by atoms with Gasteiger partial charge in [-0.3, -0.25) is 4.63 Å². The molecule has 4 heteroatoms. The van der Waals surface area contributed by atoms with Gasteiger partial charge in [0, 0.05) is 11.1 Å². The van der Waals surface area contributed by atoms with E-state index in [-0.39, 0.29) is 5.92 Å². The summed E-state index contributed by atoms with van der Waals surface area (Å²) in [6.07, 6.45) is 1.43. The maximum atomic E-state index is 10.5. The minimum atomic E-state index is 0.175. The number of hydrogen-bond acceptors (Lipinski definition) is 3. The SMILES string of the molecule is CC(C)c1cno[n+]1[O-]. The van der Waals surface area contributed by atoms with Gasteiger partial charge in [-0.25, -0.2) is 0 Å². The molecule has 1 heterocycles. The monoisotopic (exact) mass is 128 g/mol. The first-order valence-electron chi connectivity index (χ1n) is 2.76. The van der Waals surface area contributed by atoms with Crippen LogP contribution in [0.3, 0.4) is 0 Å². The molecule has 0 aromatic carbocycles. The Bertz CT molecular complexity index is 195. The zero-order valence-electron chi connectivity index (χ0n) is 5.37. The van der Waals surface area contributed by atoms with Gasteiger partial charge in [-0.15, -0.1) is 0 Å². The van der Waals surface area contributed by atoms with Gasteiger partial charge < -0.3 is 5.21 Å². The van der Waals surface area contributed by atoms with Gasteiger partial charge in [-0.1, -0.05) is 13.8 Å². The lowest BCUT2D eigenvalue weighted by molar-refractivity contribution is -0.808. The van der Waals surface area contributed by atoms with Crippen molar-refractivity contribution in [1.29, 1.82) is 0 Å². The van der Waals surface area contributed by atoms with Crippen LogP contribution in [0, 0.1) is 5.21 Å². The Morgan fingerprint density at radius 3 is 2.67 bits per heavy atom. The van der Waals surface area contributed by atoms with Gasteiger partial charge in [0.05, 0.1) is 0 Å². The fourth-order valence-electron chi connectivity index (χ4n) is 0.575. The molecule has 0 radical (unpaired) electrons. The summed E-state index contributed by atoms with van der Waals surface area (Å²) in [5.74, 6) is 0.175. The minimum absolute atomic E-state index is 0.175. The highest BCUT2D eigenvalue weighted by Crippen LogP contribution is 2.05. The summed E-state index contributed by atoms with van der Waals surface area (Å²) in [4.78, 5) is 0.421. The zero-order chi connectivity index (χ0) is 6.85. The Morgan fingerprint density at radius 1 is 1.78 bits per heavy atom. The Balaban J connectivity index is 2.94. The lowest BCUT2D eigenvalue weighted by atomic mass is 10.2. The van der Waals surface area contributed by atoms with Crippen LogP contribution in [0.25, 0.3) is 0 Å². The van der Waals surface area contributed by atoms with E-state index < -0.39 is 0 Å². The van der Waals surface area contributed by atoms with Crippen LogP contribution in [-0.4, -0.2) is 5.16 Å². The maximum Gasteiger partial charge on any atom is 0.209 e. The minimum Gasteiger partial charge on any atom is -0.359 e. The number of nitrogens with zero attached hydrogens (tertiary/aromatic N) is 2. The Labute approximate surface area is 52.6 Å². The van der Waals surface area contributed by atoms with E-state index in [2.05, 4.69) is 9.79 Å². The van der Waals surface area contributed by atoms with Crippen LogP contribution >= 0.6 is 0 Å². The zero-order valence-corrected chi connectivity index (χ0v) is 5.37. The number of aromatic nitrogens is 2. The Morgan fingerprint density at radius 2 is 2.44 bits per heavy atom. The molecule has 1 aromatic heterocycles. The highest BCUT2D eigenvalue weighted by Gasteiger charge is 2.09. The molecule has 9 heavy (non-hydrogen) atoms. The van der Waals surface area contributed by atoms with Crippen molar-refractivity contribution in [2.45, 2.75) is 19.8 Å². The summed E-state index contributed by atoms with van der Waals surface area (Å²) in [6, 6.07) is 0. The van der Waals surface area contributed by atoms with Crippen molar-refractivity contribution >= 4 is 0 Å². The van der Waals surface area contributed by atoms with E-state index in [0.717, 1.165) is 0 Å². The van der Waals surface area contributed by atoms with E-state index in [9.17, 15) is 5.21 Å². The third-order valence-electron chi connectivity index (χ3n) is 1.11. The van der Waals surface area contributed by atoms with Crippen LogP contribution in [0.2, 0.25) is 0 Å². The first-order valence-corrected chi connectivity index (χ1v) is 2.76. The van der Waals surface area contributed by atoms with Crippen molar-refractivity contribution in [2.75, 3.05) is 0 Å². The summed E-state index contributed by atoms with van der Waals surface area (Å²) in [6.45, 7) is 3.81. The first kappa shape index (κ1) is 6.07. The maximum absolute atomic E-state index is 10.5. The van der Waals surface area contributed by atoms with Crippen molar-refractivity contribution in [3.8, 4) is 0 Å². The molecule has 0 saturated heterocycles. The van der Waals surface area contributed by atoms with E-state index in [1.807, 2.05) is 13.8 Å². The summed E-state index contributed by atoms with van der Waals surface area (Å²) < 4.78 is 4.24. The number of rotatable bonds is 1. The van der Waals surface area contributed by atoms with E-state index in [1.54, 1.807) is 0 Å². The second kappa shape index (κ2) is 2.05. The van der Waals surface area contributed by atoms with Crippen LogP contribution in [0.4, 0.5) is 0 Å². The molecule has 0 saturated carbocycles. The van der Waals surface area contributed by atoms with Crippen molar-refractivity contribution in [3.63, 3.8) is 0 Å². The Hall–Kier alpha value is -1.06. The van der Waals surface area contributed by atoms with Gasteiger partial charge in [0.25, 0.3) is 0 Å². The molecular weight excluding hydrogens is 120 g/mol. The topological polar surface area (TPSA) is 53.0 Å². The van der Waals surface area contributed by atoms with Crippen molar-refractivity contribution < 1.29 is 9.53 Å². The molecule has 0 spiro atoms. The van der Waals surface area contributed by atoms with Crippen LogP contribution in [-0.2, 0) is 0 Å². The van der Waals surface area contributed by atoms with Gasteiger partial charge in [0.15, 0.2) is 5.69 Å². The highest BCUT2D eigenvalue weighted by atomic mass is 16.8. The number of hydrogen-bond donors (Lipinski definition) is 0. The molecule has 0 fully saturated rings. The molecule has 0 aliphatic carbocycles. The average Bonchev–Trinajstić information content (AvgIpc) is 2.13. The third kappa shape index (κ3) is 1.01. The van der Waals surface area contributed by atoms with Crippen molar-refractivity contribution in [2.24, 2.45) is 0 Å². The third-order valence-corrected chi connectivity index (χ3v) is 1.11. The molecule has 0 bridgehead atoms. The van der Waals surface area contributed by atoms with E-state index in [4.69, 9.17) is 0 Å². The summed E-state index contributed by atoms with van der Waals surface area (Å²) in [5.41, 5.74) is 0.565. The molecule has 1 rings (SSSR count). The van der Waals surface area contributed by atoms with Gasteiger partial charge in [0.2, 0.25) is 6.20 Å². The quantitative estimate of drug-likeness (QED) is 0.515. The molecule has 0 aliphatic rings. The molecular formula is C5H8N2O2. The lowest BCUT2D eigenvalue weighted by Gasteiger charge is -1.95. The summed E-state index contributed by atoms with van der Waals surface area (Å²) >= 11 is 0. The molecule has 0 N–H and O–H groups in total. The molecule has 1 aromatic rings. The molecule has 4 nitrogen and oxygen atoms in total. The predicted molar refractivity (Wildman–Crippen MR) is 29.6 cm³/mol. The van der Waals surface area contributed by atoms with Crippen LogP contribution < -0.4 is 4.90 Å². The van der Waals surface area contributed by atoms with Crippen molar-refractivity contribution in [1.82, 2.24) is 5.16 Å². The molecule has 0 aliphatic heterocycles. The molecule has 50 valence electrons. The first-order chi connectivity index (χ1) is 4.22. The Kier molecular flexibility index (Phi) is 1.38. The highest BCUT2D eigenvalue weighted by molar-refractivity contribution is 4.89. The average molecular weight is 128 g/mol.